The van der Waals surface area contributed by atoms with Gasteiger partial charge in [-0.15, -0.1) is 5.10 Å². The number of halogens is 1. The standard InChI is InChI=1S/C8H7IN4O/c1-5(14)11-7-2-3-8-10-4-6(9)13(8)12-7/h2-4H,1H3,(H,11,12,14). The molecule has 0 aliphatic rings. The molecule has 1 amide bonds. The third-order valence-electron chi connectivity index (χ3n) is 1.62. The van der Waals surface area contributed by atoms with Gasteiger partial charge in [-0.25, -0.2) is 9.50 Å². The zero-order valence-electron chi connectivity index (χ0n) is 7.36. The summed E-state index contributed by atoms with van der Waals surface area (Å²) in [6.45, 7) is 1.45. The van der Waals surface area contributed by atoms with E-state index in [2.05, 4.69) is 38.0 Å². The van der Waals surface area contributed by atoms with Crippen molar-refractivity contribution in [3.63, 3.8) is 0 Å². The number of fused-ring (bicyclic) bond motifs is 1. The van der Waals surface area contributed by atoms with Crippen LogP contribution in [-0.4, -0.2) is 20.5 Å². The molecule has 0 saturated heterocycles. The Morgan fingerprint density at radius 1 is 1.57 bits per heavy atom. The zero-order valence-corrected chi connectivity index (χ0v) is 9.52. The normalized spacial score (nSPS) is 10.4. The molecule has 0 saturated carbocycles. The molecule has 0 bridgehead atoms. The van der Waals surface area contributed by atoms with Crippen LogP contribution in [0.5, 0.6) is 0 Å². The van der Waals surface area contributed by atoms with Crippen LogP contribution in [-0.2, 0) is 4.79 Å². The maximum absolute atomic E-state index is 10.8. The number of hydrogen-bond donors (Lipinski definition) is 1. The second kappa shape index (κ2) is 3.52. The second-order valence-electron chi connectivity index (χ2n) is 2.75. The zero-order chi connectivity index (χ0) is 10.1. The number of aromatic nitrogens is 3. The average Bonchev–Trinajstić information content (AvgIpc) is 2.47. The summed E-state index contributed by atoms with van der Waals surface area (Å²) in [5, 5.41) is 6.80. The summed E-state index contributed by atoms with van der Waals surface area (Å²) in [5.41, 5.74) is 0.767. The van der Waals surface area contributed by atoms with Gasteiger partial charge in [0.15, 0.2) is 11.5 Å². The van der Waals surface area contributed by atoms with Gasteiger partial charge >= 0.3 is 0 Å². The van der Waals surface area contributed by atoms with E-state index in [0.717, 1.165) is 9.35 Å². The molecule has 0 spiro atoms. The molecule has 2 heterocycles. The van der Waals surface area contributed by atoms with Crippen LogP contribution in [0.4, 0.5) is 5.82 Å². The minimum Gasteiger partial charge on any atom is -0.309 e. The van der Waals surface area contributed by atoms with E-state index in [4.69, 9.17) is 0 Å². The van der Waals surface area contributed by atoms with Crippen LogP contribution in [0.3, 0.4) is 0 Å². The van der Waals surface area contributed by atoms with Crippen molar-refractivity contribution < 1.29 is 4.79 Å². The van der Waals surface area contributed by atoms with Crippen LogP contribution >= 0.6 is 22.6 Å². The first-order valence-corrected chi connectivity index (χ1v) is 5.02. The first-order chi connectivity index (χ1) is 6.66. The minimum atomic E-state index is -0.132. The SMILES string of the molecule is CC(=O)Nc1ccc2ncc(I)n2n1. The molecule has 5 nitrogen and oxygen atoms in total. The summed E-state index contributed by atoms with van der Waals surface area (Å²) in [7, 11) is 0. The summed E-state index contributed by atoms with van der Waals surface area (Å²) in [4.78, 5) is 14.9. The van der Waals surface area contributed by atoms with Gasteiger partial charge in [0.25, 0.3) is 0 Å². The van der Waals surface area contributed by atoms with Crippen LogP contribution in [0.25, 0.3) is 5.65 Å². The molecule has 2 rings (SSSR count). The Balaban J connectivity index is 2.49. The lowest BCUT2D eigenvalue weighted by molar-refractivity contribution is -0.114. The van der Waals surface area contributed by atoms with Gasteiger partial charge in [-0.05, 0) is 34.7 Å². The smallest absolute Gasteiger partial charge is 0.222 e. The molecule has 14 heavy (non-hydrogen) atoms. The lowest BCUT2D eigenvalue weighted by Crippen LogP contribution is -2.09. The van der Waals surface area contributed by atoms with E-state index in [9.17, 15) is 4.79 Å². The molecular formula is C8H7IN4O. The van der Waals surface area contributed by atoms with Gasteiger partial charge in [0.1, 0.15) is 3.70 Å². The third-order valence-corrected chi connectivity index (χ3v) is 2.36. The number of nitrogens with one attached hydrogen (secondary N) is 1. The monoisotopic (exact) mass is 302 g/mol. The maximum Gasteiger partial charge on any atom is 0.222 e. The summed E-state index contributed by atoms with van der Waals surface area (Å²) in [6.07, 6.45) is 1.72. The minimum absolute atomic E-state index is 0.132. The Labute approximate surface area is 93.7 Å². The van der Waals surface area contributed by atoms with E-state index in [0.29, 0.717) is 5.82 Å². The highest BCUT2D eigenvalue weighted by molar-refractivity contribution is 14.1. The largest absolute Gasteiger partial charge is 0.309 e. The van der Waals surface area contributed by atoms with Crippen molar-refractivity contribution in [1.29, 1.82) is 0 Å². The summed E-state index contributed by atoms with van der Waals surface area (Å²) < 4.78 is 2.58. The highest BCUT2D eigenvalue weighted by atomic mass is 127. The van der Waals surface area contributed by atoms with Crippen LogP contribution in [0.15, 0.2) is 18.3 Å². The summed E-state index contributed by atoms with van der Waals surface area (Å²) in [6, 6.07) is 3.53. The molecule has 0 radical (unpaired) electrons. The Hall–Kier alpha value is -1.18. The van der Waals surface area contributed by atoms with Gasteiger partial charge < -0.3 is 5.32 Å². The van der Waals surface area contributed by atoms with E-state index < -0.39 is 0 Å². The van der Waals surface area contributed by atoms with Crippen LogP contribution in [0.1, 0.15) is 6.92 Å². The quantitative estimate of drug-likeness (QED) is 0.808. The number of carbonyl (C=O) groups excluding carboxylic acids is 1. The first-order valence-electron chi connectivity index (χ1n) is 3.95. The average molecular weight is 302 g/mol. The molecule has 0 unspecified atom stereocenters. The van der Waals surface area contributed by atoms with Crippen LogP contribution in [0, 0.1) is 3.70 Å². The first kappa shape index (κ1) is 9.38. The van der Waals surface area contributed by atoms with Gasteiger partial charge in [0, 0.05) is 6.92 Å². The van der Waals surface area contributed by atoms with E-state index in [1.165, 1.54) is 6.92 Å². The van der Waals surface area contributed by atoms with Crippen molar-refractivity contribution in [2.45, 2.75) is 6.92 Å². The van der Waals surface area contributed by atoms with Crippen LogP contribution in [0.2, 0.25) is 0 Å². The molecule has 2 aromatic heterocycles. The number of carbonyl (C=O) groups is 1. The number of imidazole rings is 1. The molecule has 6 heteroatoms. The van der Waals surface area contributed by atoms with Gasteiger partial charge in [-0.2, -0.15) is 0 Å². The number of amides is 1. The lowest BCUT2D eigenvalue weighted by atomic mass is 10.5. The highest BCUT2D eigenvalue weighted by Crippen LogP contribution is 2.10. The third kappa shape index (κ3) is 1.69. The van der Waals surface area contributed by atoms with Crippen molar-refractivity contribution in [1.82, 2.24) is 14.6 Å². The number of anilines is 1. The van der Waals surface area contributed by atoms with Crippen molar-refractivity contribution >= 4 is 40.0 Å². The fourth-order valence-electron chi connectivity index (χ4n) is 1.09. The predicted octanol–water partition coefficient (Wildman–Crippen LogP) is 1.29. The fourth-order valence-corrected chi connectivity index (χ4v) is 1.59. The van der Waals surface area contributed by atoms with Crippen molar-refractivity contribution in [3.8, 4) is 0 Å². The molecule has 0 aliphatic heterocycles. The van der Waals surface area contributed by atoms with Crippen molar-refractivity contribution in [3.05, 3.63) is 22.0 Å². The number of nitrogens with zero attached hydrogens (tertiary/aromatic N) is 3. The van der Waals surface area contributed by atoms with Crippen molar-refractivity contribution in [2.75, 3.05) is 5.32 Å². The highest BCUT2D eigenvalue weighted by Gasteiger charge is 2.03. The predicted molar refractivity (Wildman–Crippen MR) is 60.0 cm³/mol. The Morgan fingerprint density at radius 2 is 2.36 bits per heavy atom. The van der Waals surface area contributed by atoms with Gasteiger partial charge in [0.2, 0.25) is 5.91 Å². The van der Waals surface area contributed by atoms with E-state index in [1.54, 1.807) is 22.8 Å². The Bertz CT molecular complexity index is 493. The van der Waals surface area contributed by atoms with E-state index in [1.807, 2.05) is 0 Å². The van der Waals surface area contributed by atoms with E-state index in [-0.39, 0.29) is 5.91 Å². The second-order valence-corrected chi connectivity index (χ2v) is 3.86. The lowest BCUT2D eigenvalue weighted by Gasteiger charge is -2.01. The molecule has 72 valence electrons. The molecule has 0 fully saturated rings. The summed E-state index contributed by atoms with van der Waals surface area (Å²) >= 11 is 2.13. The molecule has 0 aromatic carbocycles. The van der Waals surface area contributed by atoms with Crippen LogP contribution < -0.4 is 5.32 Å². The molecule has 0 aliphatic carbocycles. The fraction of sp³-hybridized carbons (Fsp3) is 0.125. The number of rotatable bonds is 1. The Kier molecular flexibility index (Phi) is 2.36. The van der Waals surface area contributed by atoms with Gasteiger partial charge in [-0.3, -0.25) is 4.79 Å². The molecule has 2 aromatic rings. The summed E-state index contributed by atoms with van der Waals surface area (Å²) in [5.74, 6) is 0.396. The van der Waals surface area contributed by atoms with Gasteiger partial charge in [0.05, 0.1) is 6.20 Å². The Morgan fingerprint density at radius 3 is 3.07 bits per heavy atom. The maximum atomic E-state index is 10.8. The molecule has 0 atom stereocenters. The molecular weight excluding hydrogens is 295 g/mol. The number of hydrogen-bond acceptors (Lipinski definition) is 3. The molecule has 1 N–H and O–H groups in total. The topological polar surface area (TPSA) is 59.3 Å². The van der Waals surface area contributed by atoms with Crippen molar-refractivity contribution in [2.24, 2.45) is 0 Å². The van der Waals surface area contributed by atoms with E-state index >= 15 is 0 Å². The van der Waals surface area contributed by atoms with Gasteiger partial charge in [-0.1, -0.05) is 0 Å².